The van der Waals surface area contributed by atoms with Crippen molar-refractivity contribution >= 4 is 29.5 Å². The predicted octanol–water partition coefficient (Wildman–Crippen LogP) is 1.40. The number of piperazine rings is 1. The molecular formula is C22H25FN6O4. The summed E-state index contributed by atoms with van der Waals surface area (Å²) in [7, 11) is 0. The molecule has 33 heavy (non-hydrogen) atoms. The zero-order valence-corrected chi connectivity index (χ0v) is 18.4. The number of amides is 3. The third-order valence-corrected chi connectivity index (χ3v) is 6.06. The molecule has 3 amide bonds. The lowest BCUT2D eigenvalue weighted by atomic mass is 10.0. The normalized spacial score (nSPS) is 19.4. The molecular weight excluding hydrogens is 431 g/mol. The van der Waals surface area contributed by atoms with Crippen molar-refractivity contribution in [3.63, 3.8) is 0 Å². The lowest BCUT2D eigenvalue weighted by Gasteiger charge is -2.34. The summed E-state index contributed by atoms with van der Waals surface area (Å²) in [4.78, 5) is 48.8. The monoisotopic (exact) mass is 456 g/mol. The first-order valence-electron chi connectivity index (χ1n) is 10.6. The average Bonchev–Trinajstić information content (AvgIpc) is 3.20. The van der Waals surface area contributed by atoms with E-state index in [1.165, 1.54) is 11.0 Å². The van der Waals surface area contributed by atoms with E-state index < -0.39 is 29.8 Å². The van der Waals surface area contributed by atoms with E-state index in [1.807, 2.05) is 4.90 Å². The molecule has 2 atom stereocenters. The number of benzene rings is 1. The summed E-state index contributed by atoms with van der Waals surface area (Å²) >= 11 is 0. The Morgan fingerprint density at radius 3 is 2.42 bits per heavy atom. The van der Waals surface area contributed by atoms with Crippen LogP contribution in [0.25, 0.3) is 11.1 Å². The number of hydrogen-bond acceptors (Lipinski definition) is 7. The van der Waals surface area contributed by atoms with Crippen molar-refractivity contribution in [1.82, 2.24) is 14.9 Å². The highest BCUT2D eigenvalue weighted by Crippen LogP contribution is 2.30. The Labute approximate surface area is 190 Å². The van der Waals surface area contributed by atoms with Crippen LogP contribution in [-0.4, -0.2) is 71.6 Å². The van der Waals surface area contributed by atoms with Gasteiger partial charge in [0, 0.05) is 56.6 Å². The van der Waals surface area contributed by atoms with Crippen LogP contribution in [0.1, 0.15) is 13.8 Å². The van der Waals surface area contributed by atoms with Gasteiger partial charge < -0.3 is 20.3 Å². The van der Waals surface area contributed by atoms with E-state index in [0.717, 1.165) is 0 Å². The highest BCUT2D eigenvalue weighted by Gasteiger charge is 2.38. The Bertz CT molecular complexity index is 1070. The molecule has 11 heteroatoms. The second kappa shape index (κ2) is 9.00. The molecule has 174 valence electrons. The van der Waals surface area contributed by atoms with Crippen molar-refractivity contribution in [2.75, 3.05) is 42.5 Å². The van der Waals surface area contributed by atoms with E-state index in [9.17, 15) is 18.8 Å². The van der Waals surface area contributed by atoms with E-state index in [4.69, 9.17) is 10.5 Å². The van der Waals surface area contributed by atoms with Crippen molar-refractivity contribution < 1.29 is 23.5 Å². The Morgan fingerprint density at radius 1 is 1.18 bits per heavy atom. The second-order valence-electron chi connectivity index (χ2n) is 8.15. The maximum absolute atomic E-state index is 14.9. The van der Waals surface area contributed by atoms with Gasteiger partial charge in [-0.2, -0.15) is 0 Å². The van der Waals surface area contributed by atoms with Gasteiger partial charge in [-0.25, -0.2) is 19.2 Å². The number of anilines is 2. The third kappa shape index (κ3) is 4.57. The molecule has 2 fully saturated rings. The van der Waals surface area contributed by atoms with Crippen LogP contribution >= 0.6 is 0 Å². The van der Waals surface area contributed by atoms with Gasteiger partial charge in [0.05, 0.1) is 18.2 Å². The molecule has 2 saturated heterocycles. The van der Waals surface area contributed by atoms with Crippen LogP contribution in [0.15, 0.2) is 30.6 Å². The summed E-state index contributed by atoms with van der Waals surface area (Å²) in [5.74, 6) is -1.19. The number of carbonyl (C=O) groups excluding carboxylic acids is 3. The van der Waals surface area contributed by atoms with Gasteiger partial charge in [-0.15, -0.1) is 0 Å². The number of aromatic nitrogens is 2. The van der Waals surface area contributed by atoms with Gasteiger partial charge in [0.25, 0.3) is 0 Å². The summed E-state index contributed by atoms with van der Waals surface area (Å²) in [6, 6.07) is 4.39. The van der Waals surface area contributed by atoms with Gasteiger partial charge in [-0.05, 0) is 25.1 Å². The Morgan fingerprint density at radius 2 is 1.85 bits per heavy atom. The van der Waals surface area contributed by atoms with Crippen LogP contribution in [0, 0.1) is 11.7 Å². The Hall–Kier alpha value is -3.76. The number of nitrogens with two attached hydrogens (primary N) is 1. The fraction of sp³-hybridized carbons (Fsp3) is 0.409. The van der Waals surface area contributed by atoms with E-state index in [-0.39, 0.29) is 12.5 Å². The molecule has 2 N–H and O–H groups in total. The first kappa shape index (κ1) is 22.4. The molecule has 1 aromatic carbocycles. The van der Waals surface area contributed by atoms with Crippen LogP contribution in [0.5, 0.6) is 0 Å². The summed E-state index contributed by atoms with van der Waals surface area (Å²) in [6.07, 6.45) is 1.76. The van der Waals surface area contributed by atoms with Crippen molar-refractivity contribution in [3.05, 3.63) is 36.4 Å². The minimum atomic E-state index is -0.684. The average molecular weight is 456 g/mol. The largest absolute Gasteiger partial charge is 0.443 e. The van der Waals surface area contributed by atoms with Gasteiger partial charge in [-0.1, -0.05) is 0 Å². The van der Waals surface area contributed by atoms with Crippen molar-refractivity contribution in [2.45, 2.75) is 20.0 Å². The maximum atomic E-state index is 14.9. The minimum Gasteiger partial charge on any atom is -0.443 e. The smallest absolute Gasteiger partial charge is 0.414 e. The molecule has 4 rings (SSSR count). The van der Waals surface area contributed by atoms with E-state index in [1.54, 1.807) is 43.3 Å². The highest BCUT2D eigenvalue weighted by atomic mass is 19.1. The lowest BCUT2D eigenvalue weighted by molar-refractivity contribution is -0.129. The number of primary amides is 1. The molecule has 2 aliphatic rings. The zero-order chi connectivity index (χ0) is 23.7. The Kier molecular flexibility index (Phi) is 6.12. The number of hydrogen-bond donors (Lipinski definition) is 1. The lowest BCUT2D eigenvalue weighted by Crippen LogP contribution is -2.48. The third-order valence-electron chi connectivity index (χ3n) is 6.06. The molecule has 0 bridgehead atoms. The summed E-state index contributed by atoms with van der Waals surface area (Å²) < 4.78 is 20.1. The first-order chi connectivity index (χ1) is 15.7. The standard InChI is InChI=1S/C22H25FN6O4/c1-13(20(24)31)19-12-29(22(32)33-19)16-3-4-17(18(23)9-16)15-10-25-21(26-11-15)28-7-5-27(6-8-28)14(2)30/h3-4,9-11,13,19H,5-8,12H2,1-2H3,(H2,24,31). The van der Waals surface area contributed by atoms with E-state index >= 15 is 0 Å². The van der Waals surface area contributed by atoms with Gasteiger partial charge in [0.1, 0.15) is 11.9 Å². The molecule has 2 aromatic rings. The summed E-state index contributed by atoms with van der Waals surface area (Å²) in [6.45, 7) is 5.71. The molecule has 1 aromatic heterocycles. The number of cyclic esters (lactones) is 1. The molecule has 0 spiro atoms. The molecule has 0 aliphatic carbocycles. The maximum Gasteiger partial charge on any atom is 0.414 e. The quantitative estimate of drug-likeness (QED) is 0.722. The van der Waals surface area contributed by atoms with E-state index in [0.29, 0.717) is 48.9 Å². The summed E-state index contributed by atoms with van der Waals surface area (Å²) in [5.41, 5.74) is 6.40. The minimum absolute atomic E-state index is 0.0462. The molecule has 2 aliphatic heterocycles. The van der Waals surface area contributed by atoms with Gasteiger partial charge in [0.15, 0.2) is 0 Å². The zero-order valence-electron chi connectivity index (χ0n) is 18.4. The van der Waals surface area contributed by atoms with Gasteiger partial charge >= 0.3 is 6.09 Å². The SMILES string of the molecule is CC(=O)N1CCN(c2ncc(-c3ccc(N4CC(C(C)C(N)=O)OC4=O)cc3F)cn2)CC1. The fourth-order valence-corrected chi connectivity index (χ4v) is 3.89. The molecule has 10 nitrogen and oxygen atoms in total. The number of ether oxygens (including phenoxy) is 1. The number of carbonyl (C=O) groups is 3. The van der Waals surface area contributed by atoms with Gasteiger partial charge in [0.2, 0.25) is 17.8 Å². The second-order valence-corrected chi connectivity index (χ2v) is 8.15. The van der Waals surface area contributed by atoms with E-state index in [2.05, 4.69) is 9.97 Å². The molecule has 0 radical (unpaired) electrons. The number of nitrogens with zero attached hydrogens (tertiary/aromatic N) is 5. The van der Waals surface area contributed by atoms with Crippen molar-refractivity contribution in [3.8, 4) is 11.1 Å². The van der Waals surface area contributed by atoms with Crippen LogP contribution in [0.4, 0.5) is 20.8 Å². The van der Waals surface area contributed by atoms with Crippen LogP contribution in [0.2, 0.25) is 0 Å². The predicted molar refractivity (Wildman–Crippen MR) is 118 cm³/mol. The molecule has 3 heterocycles. The van der Waals surface area contributed by atoms with Crippen LogP contribution in [-0.2, 0) is 14.3 Å². The molecule has 2 unspecified atom stereocenters. The number of halogens is 1. The van der Waals surface area contributed by atoms with Crippen LogP contribution in [0.3, 0.4) is 0 Å². The first-order valence-corrected chi connectivity index (χ1v) is 10.6. The van der Waals surface area contributed by atoms with Crippen LogP contribution < -0.4 is 15.5 Å². The van der Waals surface area contributed by atoms with Crippen molar-refractivity contribution in [1.29, 1.82) is 0 Å². The fourth-order valence-electron chi connectivity index (χ4n) is 3.89. The Balaban J connectivity index is 1.46. The number of rotatable bonds is 5. The molecule has 0 saturated carbocycles. The van der Waals surface area contributed by atoms with Gasteiger partial charge in [-0.3, -0.25) is 14.5 Å². The topological polar surface area (TPSA) is 122 Å². The van der Waals surface area contributed by atoms with Crippen molar-refractivity contribution in [2.24, 2.45) is 11.7 Å². The highest BCUT2D eigenvalue weighted by molar-refractivity contribution is 5.91. The summed E-state index contributed by atoms with van der Waals surface area (Å²) in [5, 5.41) is 0.